The van der Waals surface area contributed by atoms with E-state index in [4.69, 9.17) is 4.42 Å². The Morgan fingerprint density at radius 3 is 2.71 bits per heavy atom. The molecule has 1 aromatic rings. The summed E-state index contributed by atoms with van der Waals surface area (Å²) in [6.07, 6.45) is 1.75. The molecular weight excluding hydrogens is 240 g/mol. The standard InChI is InChI=1S/C12H20N2O2.ClH/c1-9(14-12(15)8-13-3)4-6-11-7-5-10(2)16-11;/h5,7,9,13H,4,6,8H2,1-3H3,(H,14,15);1H. The second-order valence-corrected chi connectivity index (χ2v) is 4.05. The highest BCUT2D eigenvalue weighted by molar-refractivity contribution is 5.85. The van der Waals surface area contributed by atoms with Crippen LogP contribution in [0.4, 0.5) is 0 Å². The molecule has 1 rings (SSSR count). The molecule has 0 spiro atoms. The van der Waals surface area contributed by atoms with Gasteiger partial charge >= 0.3 is 0 Å². The Kier molecular flexibility index (Phi) is 7.66. The zero-order valence-electron chi connectivity index (χ0n) is 10.6. The lowest BCUT2D eigenvalue weighted by molar-refractivity contribution is -0.120. The van der Waals surface area contributed by atoms with Crippen LogP contribution in [0.5, 0.6) is 0 Å². The summed E-state index contributed by atoms with van der Waals surface area (Å²) in [7, 11) is 1.76. The van der Waals surface area contributed by atoms with Crippen LogP contribution in [0.2, 0.25) is 0 Å². The van der Waals surface area contributed by atoms with Crippen molar-refractivity contribution in [3.05, 3.63) is 23.7 Å². The summed E-state index contributed by atoms with van der Waals surface area (Å²) in [5.41, 5.74) is 0. The van der Waals surface area contributed by atoms with Crippen LogP contribution in [0, 0.1) is 6.92 Å². The van der Waals surface area contributed by atoms with E-state index in [2.05, 4.69) is 10.6 Å². The summed E-state index contributed by atoms with van der Waals surface area (Å²) in [6.45, 7) is 4.30. The Labute approximate surface area is 109 Å². The monoisotopic (exact) mass is 260 g/mol. The van der Waals surface area contributed by atoms with Gasteiger partial charge in [0.25, 0.3) is 0 Å². The molecule has 1 heterocycles. The number of likely N-dealkylation sites (N-methyl/N-ethyl adjacent to an activating group) is 1. The fourth-order valence-electron chi connectivity index (χ4n) is 1.54. The predicted molar refractivity (Wildman–Crippen MR) is 70.5 cm³/mol. The van der Waals surface area contributed by atoms with E-state index in [-0.39, 0.29) is 24.4 Å². The molecule has 5 heteroatoms. The molecule has 1 amide bonds. The van der Waals surface area contributed by atoms with Crippen molar-refractivity contribution in [2.45, 2.75) is 32.7 Å². The third-order valence-electron chi connectivity index (χ3n) is 2.36. The van der Waals surface area contributed by atoms with Gasteiger partial charge in [0.1, 0.15) is 11.5 Å². The van der Waals surface area contributed by atoms with Crippen molar-refractivity contribution in [2.75, 3.05) is 13.6 Å². The van der Waals surface area contributed by atoms with Crippen molar-refractivity contribution in [1.29, 1.82) is 0 Å². The molecule has 0 radical (unpaired) electrons. The lowest BCUT2D eigenvalue weighted by Crippen LogP contribution is -2.38. The fourth-order valence-corrected chi connectivity index (χ4v) is 1.54. The van der Waals surface area contributed by atoms with Crippen LogP contribution in [-0.2, 0) is 11.2 Å². The van der Waals surface area contributed by atoms with E-state index in [1.54, 1.807) is 7.05 Å². The van der Waals surface area contributed by atoms with Crippen molar-refractivity contribution in [1.82, 2.24) is 10.6 Å². The second kappa shape index (κ2) is 8.14. The number of aryl methyl sites for hydroxylation is 2. The van der Waals surface area contributed by atoms with Gasteiger partial charge in [-0.3, -0.25) is 4.79 Å². The van der Waals surface area contributed by atoms with E-state index in [1.165, 1.54) is 0 Å². The fraction of sp³-hybridized carbons (Fsp3) is 0.583. The third-order valence-corrected chi connectivity index (χ3v) is 2.36. The highest BCUT2D eigenvalue weighted by Crippen LogP contribution is 2.09. The molecule has 1 atom stereocenters. The van der Waals surface area contributed by atoms with Crippen molar-refractivity contribution in [3.8, 4) is 0 Å². The normalized spacial score (nSPS) is 11.7. The number of hydrogen-bond donors (Lipinski definition) is 2. The molecular formula is C12H21ClN2O2. The molecule has 1 unspecified atom stereocenters. The smallest absolute Gasteiger partial charge is 0.234 e. The van der Waals surface area contributed by atoms with Crippen LogP contribution in [-0.4, -0.2) is 25.5 Å². The lowest BCUT2D eigenvalue weighted by Gasteiger charge is -2.12. The highest BCUT2D eigenvalue weighted by Gasteiger charge is 2.07. The van der Waals surface area contributed by atoms with Crippen LogP contribution in [0.3, 0.4) is 0 Å². The van der Waals surface area contributed by atoms with Crippen LogP contribution >= 0.6 is 12.4 Å². The maximum atomic E-state index is 11.3. The Balaban J connectivity index is 0.00000256. The lowest BCUT2D eigenvalue weighted by atomic mass is 10.1. The van der Waals surface area contributed by atoms with Crippen molar-refractivity contribution in [3.63, 3.8) is 0 Å². The molecule has 0 aliphatic rings. The minimum atomic E-state index is 0. The molecule has 1 aromatic heterocycles. The number of carbonyl (C=O) groups excluding carboxylic acids is 1. The van der Waals surface area contributed by atoms with Crippen LogP contribution in [0.25, 0.3) is 0 Å². The van der Waals surface area contributed by atoms with Gasteiger partial charge in [-0.25, -0.2) is 0 Å². The van der Waals surface area contributed by atoms with Crippen molar-refractivity contribution < 1.29 is 9.21 Å². The van der Waals surface area contributed by atoms with Crippen LogP contribution in [0.15, 0.2) is 16.5 Å². The molecule has 0 aromatic carbocycles. The Morgan fingerprint density at radius 2 is 2.18 bits per heavy atom. The number of nitrogens with one attached hydrogen (secondary N) is 2. The first-order valence-electron chi connectivity index (χ1n) is 5.61. The number of rotatable bonds is 6. The van der Waals surface area contributed by atoms with Crippen LogP contribution < -0.4 is 10.6 Å². The first-order chi connectivity index (χ1) is 7.61. The van der Waals surface area contributed by atoms with Crippen molar-refractivity contribution >= 4 is 18.3 Å². The topological polar surface area (TPSA) is 54.3 Å². The van der Waals surface area contributed by atoms with Gasteiger partial charge < -0.3 is 15.1 Å². The van der Waals surface area contributed by atoms with E-state index in [0.717, 1.165) is 24.4 Å². The average molecular weight is 261 g/mol. The summed E-state index contributed by atoms with van der Waals surface area (Å²) in [5.74, 6) is 1.94. The van der Waals surface area contributed by atoms with Gasteiger partial charge in [-0.2, -0.15) is 0 Å². The molecule has 0 saturated carbocycles. The van der Waals surface area contributed by atoms with E-state index in [0.29, 0.717) is 6.54 Å². The van der Waals surface area contributed by atoms with Gasteiger partial charge in [0, 0.05) is 12.5 Å². The zero-order chi connectivity index (χ0) is 12.0. The van der Waals surface area contributed by atoms with E-state index >= 15 is 0 Å². The highest BCUT2D eigenvalue weighted by atomic mass is 35.5. The van der Waals surface area contributed by atoms with Crippen LogP contribution in [0.1, 0.15) is 24.9 Å². The molecule has 0 bridgehead atoms. The van der Waals surface area contributed by atoms with Gasteiger partial charge in [0.05, 0.1) is 6.54 Å². The molecule has 4 nitrogen and oxygen atoms in total. The predicted octanol–water partition coefficient (Wildman–Crippen LogP) is 1.67. The number of halogens is 1. The third kappa shape index (κ3) is 6.34. The first kappa shape index (κ1) is 16.0. The summed E-state index contributed by atoms with van der Waals surface area (Å²) < 4.78 is 5.46. The van der Waals surface area contributed by atoms with Gasteiger partial charge in [-0.1, -0.05) is 0 Å². The first-order valence-corrected chi connectivity index (χ1v) is 5.61. The van der Waals surface area contributed by atoms with Gasteiger partial charge in [-0.15, -0.1) is 12.4 Å². The number of furan rings is 1. The summed E-state index contributed by atoms with van der Waals surface area (Å²) in [4.78, 5) is 11.3. The molecule has 2 N–H and O–H groups in total. The maximum absolute atomic E-state index is 11.3. The molecule has 0 saturated heterocycles. The van der Waals surface area contributed by atoms with E-state index in [9.17, 15) is 4.79 Å². The molecule has 0 fully saturated rings. The molecule has 0 aliphatic heterocycles. The van der Waals surface area contributed by atoms with E-state index < -0.39 is 0 Å². The Hall–Kier alpha value is -1.00. The largest absolute Gasteiger partial charge is 0.466 e. The summed E-state index contributed by atoms with van der Waals surface area (Å²) >= 11 is 0. The average Bonchev–Trinajstić information content (AvgIpc) is 2.61. The quantitative estimate of drug-likeness (QED) is 0.818. The van der Waals surface area contributed by atoms with Crippen molar-refractivity contribution in [2.24, 2.45) is 0 Å². The number of hydrogen-bond acceptors (Lipinski definition) is 3. The molecule has 0 aliphatic carbocycles. The Bertz CT molecular complexity index is 339. The summed E-state index contributed by atoms with van der Waals surface area (Å²) in [5, 5.41) is 5.73. The summed E-state index contributed by atoms with van der Waals surface area (Å²) in [6, 6.07) is 4.11. The minimum Gasteiger partial charge on any atom is -0.466 e. The minimum absolute atomic E-state index is 0. The van der Waals surface area contributed by atoms with Gasteiger partial charge in [0.15, 0.2) is 0 Å². The number of amides is 1. The SMILES string of the molecule is CNCC(=O)NC(C)CCc1ccc(C)o1.Cl. The number of carbonyl (C=O) groups is 1. The van der Waals surface area contributed by atoms with Gasteiger partial charge in [-0.05, 0) is 39.4 Å². The molecule has 17 heavy (non-hydrogen) atoms. The molecule has 98 valence electrons. The van der Waals surface area contributed by atoms with Gasteiger partial charge in [0.2, 0.25) is 5.91 Å². The second-order valence-electron chi connectivity index (χ2n) is 4.05. The van der Waals surface area contributed by atoms with E-state index in [1.807, 2.05) is 26.0 Å². The zero-order valence-corrected chi connectivity index (χ0v) is 11.4. The maximum Gasteiger partial charge on any atom is 0.234 e. The Morgan fingerprint density at radius 1 is 1.47 bits per heavy atom.